The van der Waals surface area contributed by atoms with Crippen molar-refractivity contribution >= 4 is 46.6 Å². The van der Waals surface area contributed by atoms with Crippen LogP contribution in [0.5, 0.6) is 0 Å². The molecule has 2 heterocycles. The van der Waals surface area contributed by atoms with E-state index in [4.69, 9.17) is 28.9 Å². The molecule has 2 aromatic rings. The number of amides is 3. The van der Waals surface area contributed by atoms with Crippen molar-refractivity contribution in [2.45, 2.75) is 69.0 Å². The first-order valence-corrected chi connectivity index (χ1v) is 14.9. The first-order chi connectivity index (χ1) is 19.3. The van der Waals surface area contributed by atoms with Gasteiger partial charge in [-0.15, -0.1) is 0 Å². The first kappa shape index (κ1) is 28.7. The van der Waals surface area contributed by atoms with E-state index in [-0.39, 0.29) is 30.3 Å². The number of nitrogens with one attached hydrogen (secondary N) is 1. The second kappa shape index (κ2) is 12.4. The van der Waals surface area contributed by atoms with Gasteiger partial charge in [-0.2, -0.15) is 0 Å². The van der Waals surface area contributed by atoms with Gasteiger partial charge in [0.15, 0.2) is 0 Å². The molecule has 2 aromatic carbocycles. The van der Waals surface area contributed by atoms with Crippen LogP contribution in [0.2, 0.25) is 10.0 Å². The number of rotatable bonds is 7. The third kappa shape index (κ3) is 6.09. The van der Waals surface area contributed by atoms with Crippen molar-refractivity contribution in [3.8, 4) is 0 Å². The van der Waals surface area contributed by atoms with Crippen LogP contribution in [0.4, 0.5) is 5.69 Å². The Hall–Kier alpha value is -2.81. The molecule has 0 aromatic heterocycles. The van der Waals surface area contributed by atoms with Crippen LogP contribution in [0.3, 0.4) is 0 Å². The van der Waals surface area contributed by atoms with Gasteiger partial charge >= 0.3 is 0 Å². The summed E-state index contributed by atoms with van der Waals surface area (Å²) in [5.74, 6) is -0.328. The van der Waals surface area contributed by atoms with Crippen LogP contribution in [0.25, 0.3) is 0 Å². The minimum atomic E-state index is -0.813. The average Bonchev–Trinajstić information content (AvgIpc) is 3.21. The van der Waals surface area contributed by atoms with E-state index < -0.39 is 11.6 Å². The van der Waals surface area contributed by atoms with Gasteiger partial charge in [-0.25, -0.2) is 0 Å². The first-order valence-electron chi connectivity index (χ1n) is 14.2. The number of hydrogen-bond donors (Lipinski definition) is 2. The molecule has 5 rings (SSSR count). The van der Waals surface area contributed by atoms with Crippen molar-refractivity contribution in [2.75, 3.05) is 31.2 Å². The van der Waals surface area contributed by atoms with Gasteiger partial charge in [0, 0.05) is 34.9 Å². The summed E-state index contributed by atoms with van der Waals surface area (Å²) in [4.78, 5) is 45.7. The van der Waals surface area contributed by atoms with Crippen LogP contribution in [-0.2, 0) is 20.8 Å². The fourth-order valence-electron chi connectivity index (χ4n) is 6.36. The van der Waals surface area contributed by atoms with E-state index in [1.165, 1.54) is 6.42 Å². The Morgan fingerprint density at radius 1 is 1.02 bits per heavy atom. The lowest BCUT2D eigenvalue weighted by Gasteiger charge is -2.43. The maximum absolute atomic E-state index is 14.0. The number of nitrogens with zero attached hydrogens (tertiary/aromatic N) is 3. The molecular formula is C30H37Cl2N5O3. The second-order valence-electron chi connectivity index (χ2n) is 11.2. The van der Waals surface area contributed by atoms with Gasteiger partial charge in [0.05, 0.1) is 12.7 Å². The predicted octanol–water partition coefficient (Wildman–Crippen LogP) is 3.98. The smallest absolute Gasteiger partial charge is 0.250 e. The minimum Gasteiger partial charge on any atom is -0.352 e. The summed E-state index contributed by atoms with van der Waals surface area (Å²) >= 11 is 12.3. The maximum atomic E-state index is 14.0. The Morgan fingerprint density at radius 2 is 1.73 bits per heavy atom. The summed E-state index contributed by atoms with van der Waals surface area (Å²) in [6.07, 6.45) is 6.68. The van der Waals surface area contributed by atoms with Gasteiger partial charge in [0.25, 0.3) is 5.91 Å². The lowest BCUT2D eigenvalue weighted by Crippen LogP contribution is -2.59. The number of carbonyl (C=O) groups is 3. The summed E-state index contributed by atoms with van der Waals surface area (Å²) in [7, 11) is 0. The van der Waals surface area contributed by atoms with Crippen molar-refractivity contribution in [3.63, 3.8) is 0 Å². The molecule has 3 aliphatic rings. The number of carbonyl (C=O) groups excluding carboxylic acids is 3. The summed E-state index contributed by atoms with van der Waals surface area (Å²) < 4.78 is 0. The SMILES string of the molecule is N[C@H](Cc1ccc(Cl)cc1Cl)C(=O)N1CCC2(CC1)C(=O)N(CC(=O)NC1CCCCC1)CN2c1ccccc1. The van der Waals surface area contributed by atoms with Crippen LogP contribution in [0.1, 0.15) is 50.5 Å². The molecule has 214 valence electrons. The standard InChI is InChI=1S/C30H37Cl2N5O3/c31-22-12-11-21(25(32)18-22)17-26(33)28(39)35-15-13-30(14-16-35)29(40)36(20-37(30)24-9-5-2-6-10-24)19-27(38)34-23-7-3-1-4-8-23/h2,5-6,9-12,18,23,26H,1,3-4,7-8,13-17,19-20,33H2,(H,34,38)/t26-/m1/s1. The highest BCUT2D eigenvalue weighted by molar-refractivity contribution is 6.35. The molecule has 1 aliphatic carbocycles. The zero-order valence-corrected chi connectivity index (χ0v) is 24.2. The molecule has 0 bridgehead atoms. The topological polar surface area (TPSA) is 99.0 Å². The van der Waals surface area contributed by atoms with Crippen molar-refractivity contribution in [1.82, 2.24) is 15.1 Å². The molecule has 8 nitrogen and oxygen atoms in total. The van der Waals surface area contributed by atoms with Crippen molar-refractivity contribution in [2.24, 2.45) is 5.73 Å². The van der Waals surface area contributed by atoms with Crippen LogP contribution in [0.15, 0.2) is 48.5 Å². The van der Waals surface area contributed by atoms with Gasteiger partial charge in [0.1, 0.15) is 12.1 Å². The number of anilines is 1. The normalized spacial score (nSPS) is 20.2. The van der Waals surface area contributed by atoms with E-state index >= 15 is 0 Å². The number of hydrogen-bond acceptors (Lipinski definition) is 5. The fourth-order valence-corrected chi connectivity index (χ4v) is 6.84. The van der Waals surface area contributed by atoms with Crippen molar-refractivity contribution in [3.05, 3.63) is 64.1 Å². The molecule has 1 saturated carbocycles. The second-order valence-corrected chi connectivity index (χ2v) is 12.1. The molecule has 3 fully saturated rings. The quantitative estimate of drug-likeness (QED) is 0.512. The Balaban J connectivity index is 1.27. The van der Waals surface area contributed by atoms with Crippen molar-refractivity contribution in [1.29, 1.82) is 0 Å². The third-order valence-electron chi connectivity index (χ3n) is 8.56. The van der Waals surface area contributed by atoms with E-state index in [0.717, 1.165) is 36.9 Å². The average molecular weight is 587 g/mol. The van der Waals surface area contributed by atoms with Crippen LogP contribution in [0, 0.1) is 0 Å². The Kier molecular flexibility index (Phi) is 8.88. The molecule has 1 spiro atoms. The predicted molar refractivity (Wildman–Crippen MR) is 157 cm³/mol. The molecule has 2 aliphatic heterocycles. The van der Waals surface area contributed by atoms with E-state index in [9.17, 15) is 14.4 Å². The molecule has 0 radical (unpaired) electrons. The summed E-state index contributed by atoms with van der Waals surface area (Å²) in [6, 6.07) is 14.4. The van der Waals surface area contributed by atoms with E-state index in [1.807, 2.05) is 30.3 Å². The summed E-state index contributed by atoms with van der Waals surface area (Å²) in [5, 5.41) is 4.15. The summed E-state index contributed by atoms with van der Waals surface area (Å²) in [6.45, 7) is 1.18. The Bertz CT molecular complexity index is 1230. The van der Waals surface area contributed by atoms with Crippen LogP contribution < -0.4 is 16.0 Å². The molecule has 2 saturated heterocycles. The number of likely N-dealkylation sites (tertiary alicyclic amines) is 1. The monoisotopic (exact) mass is 585 g/mol. The molecule has 3 N–H and O–H groups in total. The number of para-hydroxylation sites is 1. The van der Waals surface area contributed by atoms with Gasteiger partial charge in [-0.3, -0.25) is 14.4 Å². The van der Waals surface area contributed by atoms with E-state index in [2.05, 4.69) is 10.2 Å². The highest BCUT2D eigenvalue weighted by Crippen LogP contribution is 2.39. The van der Waals surface area contributed by atoms with E-state index in [0.29, 0.717) is 49.1 Å². The number of nitrogens with two attached hydrogens (primary N) is 1. The largest absolute Gasteiger partial charge is 0.352 e. The zero-order valence-electron chi connectivity index (χ0n) is 22.7. The lowest BCUT2D eigenvalue weighted by atomic mass is 9.85. The number of halogens is 2. The summed E-state index contributed by atoms with van der Waals surface area (Å²) in [5.41, 5.74) is 7.20. The minimum absolute atomic E-state index is 0.0375. The number of benzene rings is 2. The molecule has 1 atom stereocenters. The van der Waals surface area contributed by atoms with Crippen LogP contribution >= 0.6 is 23.2 Å². The molecule has 10 heteroatoms. The van der Waals surface area contributed by atoms with Gasteiger partial charge < -0.3 is 25.8 Å². The maximum Gasteiger partial charge on any atom is 0.250 e. The Labute approximate surface area is 245 Å². The van der Waals surface area contributed by atoms with Crippen molar-refractivity contribution < 1.29 is 14.4 Å². The molecule has 40 heavy (non-hydrogen) atoms. The number of piperidine rings is 1. The highest BCUT2D eigenvalue weighted by atomic mass is 35.5. The third-order valence-corrected chi connectivity index (χ3v) is 9.15. The molecular weight excluding hydrogens is 549 g/mol. The van der Waals surface area contributed by atoms with Gasteiger partial charge in [-0.1, -0.05) is 66.7 Å². The van der Waals surface area contributed by atoms with E-state index in [1.54, 1.807) is 28.0 Å². The zero-order chi connectivity index (χ0) is 28.3. The lowest BCUT2D eigenvalue weighted by molar-refractivity contribution is -0.140. The highest BCUT2D eigenvalue weighted by Gasteiger charge is 2.54. The van der Waals surface area contributed by atoms with Gasteiger partial charge in [0.2, 0.25) is 11.8 Å². The van der Waals surface area contributed by atoms with Crippen LogP contribution in [-0.4, -0.2) is 71.4 Å². The fraction of sp³-hybridized carbons (Fsp3) is 0.500. The van der Waals surface area contributed by atoms with Gasteiger partial charge in [-0.05, 0) is 61.9 Å². The Morgan fingerprint density at radius 3 is 2.40 bits per heavy atom. The molecule has 0 unspecified atom stereocenters. The molecule has 3 amide bonds.